The zero-order valence-corrected chi connectivity index (χ0v) is 12.2. The molecule has 1 unspecified atom stereocenters. The van der Waals surface area contributed by atoms with Crippen molar-refractivity contribution in [2.24, 2.45) is 0 Å². The minimum Gasteiger partial charge on any atom is -0.335 e. The molecule has 1 aliphatic rings. The lowest BCUT2D eigenvalue weighted by molar-refractivity contribution is -0.140. The number of nitrogens with zero attached hydrogens (tertiary/aromatic N) is 2. The Kier molecular flexibility index (Phi) is 4.56. The van der Waals surface area contributed by atoms with Crippen LogP contribution in [0.1, 0.15) is 30.0 Å². The van der Waals surface area contributed by atoms with Crippen molar-refractivity contribution in [3.8, 4) is 0 Å². The van der Waals surface area contributed by atoms with E-state index in [1.165, 1.54) is 12.1 Å². The Morgan fingerprint density at radius 1 is 1.33 bits per heavy atom. The molecule has 116 valence electrons. The van der Waals surface area contributed by atoms with Crippen LogP contribution in [0.5, 0.6) is 0 Å². The number of benzene rings is 1. The van der Waals surface area contributed by atoms with Gasteiger partial charge in [0.15, 0.2) is 0 Å². The Labute approximate surface area is 122 Å². The van der Waals surface area contributed by atoms with Gasteiger partial charge in [-0.3, -0.25) is 4.79 Å². The van der Waals surface area contributed by atoms with Gasteiger partial charge in [0.25, 0.3) is 0 Å². The smallest absolute Gasteiger partial charge is 0.335 e. The Bertz CT molecular complexity index is 514. The molecule has 0 aromatic heterocycles. The fourth-order valence-corrected chi connectivity index (χ4v) is 2.80. The molecule has 1 aromatic carbocycles. The predicted octanol–water partition coefficient (Wildman–Crippen LogP) is 2.93. The number of alkyl halides is 3. The lowest BCUT2D eigenvalue weighted by Gasteiger charge is -2.28. The number of hydrogen-bond donors (Lipinski definition) is 0. The summed E-state index contributed by atoms with van der Waals surface area (Å²) in [7, 11) is 3.54. The molecule has 0 radical (unpaired) electrons. The number of likely N-dealkylation sites (tertiary alicyclic amines) is 1. The van der Waals surface area contributed by atoms with Crippen LogP contribution in [0.25, 0.3) is 0 Å². The van der Waals surface area contributed by atoms with Crippen molar-refractivity contribution < 1.29 is 18.0 Å². The van der Waals surface area contributed by atoms with Crippen molar-refractivity contribution in [1.82, 2.24) is 9.80 Å². The molecule has 1 aromatic rings. The largest absolute Gasteiger partial charge is 0.416 e. The van der Waals surface area contributed by atoms with E-state index in [1.54, 1.807) is 30.0 Å². The van der Waals surface area contributed by atoms with Gasteiger partial charge in [0.2, 0.25) is 5.91 Å². The van der Waals surface area contributed by atoms with Crippen LogP contribution in [-0.2, 0) is 11.0 Å². The molecule has 1 fully saturated rings. The molecule has 1 amide bonds. The lowest BCUT2D eigenvalue weighted by atomic mass is 9.98. The maximum Gasteiger partial charge on any atom is 0.416 e. The normalized spacial score (nSPS) is 19.3. The van der Waals surface area contributed by atoms with Gasteiger partial charge in [-0.15, -0.1) is 0 Å². The van der Waals surface area contributed by atoms with Crippen molar-refractivity contribution in [3.05, 3.63) is 35.4 Å². The minimum absolute atomic E-state index is 0.125. The summed E-state index contributed by atoms with van der Waals surface area (Å²) >= 11 is 0. The molecule has 1 aliphatic heterocycles. The number of carbonyl (C=O) groups is 1. The highest BCUT2D eigenvalue weighted by atomic mass is 19.4. The third-order valence-electron chi connectivity index (χ3n) is 3.65. The third-order valence-corrected chi connectivity index (χ3v) is 3.65. The van der Waals surface area contributed by atoms with E-state index in [0.29, 0.717) is 13.0 Å². The number of amides is 1. The summed E-state index contributed by atoms with van der Waals surface area (Å²) < 4.78 is 39.4. The van der Waals surface area contributed by atoms with Gasteiger partial charge in [-0.2, -0.15) is 13.2 Å². The molecule has 1 atom stereocenters. The zero-order valence-electron chi connectivity index (χ0n) is 12.2. The summed E-state index contributed by atoms with van der Waals surface area (Å²) in [5, 5.41) is 0. The van der Waals surface area contributed by atoms with Crippen LogP contribution in [0, 0.1) is 0 Å². The SMILES string of the molecule is CN(C)CC(=O)N1CCCC1c1ccccc1C(F)(F)F. The van der Waals surface area contributed by atoms with E-state index in [0.717, 1.165) is 12.5 Å². The molecule has 0 saturated carbocycles. The maximum atomic E-state index is 13.1. The second-order valence-electron chi connectivity index (χ2n) is 5.57. The van der Waals surface area contributed by atoms with Crippen LogP contribution in [0.2, 0.25) is 0 Å². The highest BCUT2D eigenvalue weighted by molar-refractivity contribution is 5.79. The number of likely N-dealkylation sites (N-methyl/N-ethyl adjacent to an activating group) is 1. The molecule has 0 bridgehead atoms. The van der Waals surface area contributed by atoms with E-state index in [-0.39, 0.29) is 18.0 Å². The van der Waals surface area contributed by atoms with Gasteiger partial charge >= 0.3 is 6.18 Å². The average molecular weight is 300 g/mol. The Hall–Kier alpha value is -1.56. The lowest BCUT2D eigenvalue weighted by Crippen LogP contribution is -2.37. The molecule has 0 aliphatic carbocycles. The Balaban J connectivity index is 2.31. The summed E-state index contributed by atoms with van der Waals surface area (Å²) in [6.07, 6.45) is -3.09. The van der Waals surface area contributed by atoms with Gasteiger partial charge < -0.3 is 9.80 Å². The van der Waals surface area contributed by atoms with Gasteiger partial charge in [0, 0.05) is 6.54 Å². The first-order valence-electron chi connectivity index (χ1n) is 6.91. The van der Waals surface area contributed by atoms with Crippen LogP contribution in [0.15, 0.2) is 24.3 Å². The highest BCUT2D eigenvalue weighted by Gasteiger charge is 2.38. The van der Waals surface area contributed by atoms with Crippen molar-refractivity contribution in [2.45, 2.75) is 25.1 Å². The predicted molar refractivity (Wildman–Crippen MR) is 73.7 cm³/mol. The van der Waals surface area contributed by atoms with Crippen molar-refractivity contribution >= 4 is 5.91 Å². The van der Waals surface area contributed by atoms with Crippen LogP contribution in [0.4, 0.5) is 13.2 Å². The fourth-order valence-electron chi connectivity index (χ4n) is 2.80. The van der Waals surface area contributed by atoms with Crippen LogP contribution >= 0.6 is 0 Å². The summed E-state index contributed by atoms with van der Waals surface area (Å²) in [6, 6.07) is 5.07. The van der Waals surface area contributed by atoms with Gasteiger partial charge in [-0.25, -0.2) is 0 Å². The number of rotatable bonds is 3. The van der Waals surface area contributed by atoms with E-state index in [4.69, 9.17) is 0 Å². The number of hydrogen-bond acceptors (Lipinski definition) is 2. The summed E-state index contributed by atoms with van der Waals surface area (Å²) in [6.45, 7) is 0.730. The molecule has 21 heavy (non-hydrogen) atoms. The first kappa shape index (κ1) is 15.8. The molecule has 6 heteroatoms. The average Bonchev–Trinajstić information content (AvgIpc) is 2.86. The molecule has 1 saturated heterocycles. The Morgan fingerprint density at radius 2 is 2.00 bits per heavy atom. The molecular weight excluding hydrogens is 281 g/mol. The van der Waals surface area contributed by atoms with Crippen molar-refractivity contribution in [1.29, 1.82) is 0 Å². The molecule has 1 heterocycles. The molecular formula is C15H19F3N2O. The summed E-state index contributed by atoms with van der Waals surface area (Å²) in [5.41, 5.74) is -0.436. The van der Waals surface area contributed by atoms with Gasteiger partial charge in [-0.1, -0.05) is 18.2 Å². The van der Waals surface area contributed by atoms with Crippen molar-refractivity contribution in [2.75, 3.05) is 27.2 Å². The maximum absolute atomic E-state index is 13.1. The highest BCUT2D eigenvalue weighted by Crippen LogP contribution is 2.40. The monoisotopic (exact) mass is 300 g/mol. The zero-order chi connectivity index (χ0) is 15.6. The van der Waals surface area contributed by atoms with Gasteiger partial charge in [0.1, 0.15) is 0 Å². The van der Waals surface area contributed by atoms with E-state index < -0.39 is 17.8 Å². The Morgan fingerprint density at radius 3 is 2.62 bits per heavy atom. The van der Waals surface area contributed by atoms with E-state index in [2.05, 4.69) is 0 Å². The second kappa shape index (κ2) is 6.05. The molecule has 0 spiro atoms. The second-order valence-corrected chi connectivity index (χ2v) is 5.57. The molecule has 3 nitrogen and oxygen atoms in total. The first-order valence-corrected chi connectivity index (χ1v) is 6.91. The first-order chi connectivity index (χ1) is 9.80. The fraction of sp³-hybridized carbons (Fsp3) is 0.533. The number of halogens is 3. The topological polar surface area (TPSA) is 23.6 Å². The van der Waals surface area contributed by atoms with Crippen LogP contribution in [0.3, 0.4) is 0 Å². The molecule has 2 rings (SSSR count). The van der Waals surface area contributed by atoms with Crippen LogP contribution in [-0.4, -0.2) is 42.9 Å². The van der Waals surface area contributed by atoms with Crippen molar-refractivity contribution in [3.63, 3.8) is 0 Å². The van der Waals surface area contributed by atoms with E-state index >= 15 is 0 Å². The number of carbonyl (C=O) groups excluding carboxylic acids is 1. The quantitative estimate of drug-likeness (QED) is 0.857. The third kappa shape index (κ3) is 3.56. The minimum atomic E-state index is -4.39. The van der Waals surface area contributed by atoms with E-state index in [9.17, 15) is 18.0 Å². The summed E-state index contributed by atoms with van der Waals surface area (Å²) in [4.78, 5) is 15.5. The van der Waals surface area contributed by atoms with Crippen LogP contribution < -0.4 is 0 Å². The summed E-state index contributed by atoms with van der Waals surface area (Å²) in [5.74, 6) is -0.125. The van der Waals surface area contributed by atoms with Gasteiger partial charge in [0.05, 0.1) is 18.2 Å². The van der Waals surface area contributed by atoms with Gasteiger partial charge in [-0.05, 0) is 38.6 Å². The standard InChI is InChI=1S/C15H19F3N2O/c1-19(2)10-14(21)20-9-5-8-13(20)11-6-3-4-7-12(11)15(16,17)18/h3-4,6-7,13H,5,8-10H2,1-2H3. The van der Waals surface area contributed by atoms with E-state index in [1.807, 2.05) is 0 Å². The molecule has 0 N–H and O–H groups in total.